The van der Waals surface area contributed by atoms with E-state index in [0.717, 1.165) is 31.6 Å². The maximum Gasteiger partial charge on any atom is 0.255 e. The lowest BCUT2D eigenvalue weighted by Gasteiger charge is -2.36. The van der Waals surface area contributed by atoms with Crippen molar-refractivity contribution < 1.29 is 19.1 Å². The van der Waals surface area contributed by atoms with Gasteiger partial charge in [-0.1, -0.05) is 24.6 Å². The van der Waals surface area contributed by atoms with Crippen LogP contribution >= 0.6 is 0 Å². The molecular weight excluding hydrogens is 442 g/mol. The van der Waals surface area contributed by atoms with Crippen LogP contribution in [0.2, 0.25) is 0 Å². The van der Waals surface area contributed by atoms with Crippen LogP contribution in [0.15, 0.2) is 48.5 Å². The molecule has 2 aliphatic rings. The van der Waals surface area contributed by atoms with E-state index in [1.54, 1.807) is 24.3 Å². The molecule has 7 heteroatoms. The number of nitrogens with zero attached hydrogens (tertiary/aromatic N) is 2. The zero-order valence-electron chi connectivity index (χ0n) is 20.5. The summed E-state index contributed by atoms with van der Waals surface area (Å²) in [5, 5.41) is 0. The van der Waals surface area contributed by atoms with Gasteiger partial charge < -0.3 is 25.0 Å². The Morgan fingerprint density at radius 2 is 1.74 bits per heavy atom. The zero-order chi connectivity index (χ0) is 24.5. The van der Waals surface area contributed by atoms with E-state index >= 15 is 0 Å². The molecule has 0 saturated carbocycles. The number of ether oxygens (including phenoxy) is 2. The van der Waals surface area contributed by atoms with Gasteiger partial charge in [-0.2, -0.15) is 0 Å². The van der Waals surface area contributed by atoms with Crippen LogP contribution in [-0.2, 0) is 11.2 Å². The third kappa shape index (κ3) is 7.46. The molecule has 188 valence electrons. The summed E-state index contributed by atoms with van der Waals surface area (Å²) in [5.74, 6) is 0.695. The van der Waals surface area contributed by atoms with Crippen LogP contribution in [-0.4, -0.2) is 67.0 Å². The number of primary amides is 1. The molecule has 2 amide bonds. The molecular formula is C28H37N3O4. The number of fused-ring (bicyclic) bond motifs is 3. The average molecular weight is 480 g/mol. The highest BCUT2D eigenvalue weighted by Crippen LogP contribution is 2.24. The number of rotatable bonds is 4. The summed E-state index contributed by atoms with van der Waals surface area (Å²) >= 11 is 0. The first-order valence-corrected chi connectivity index (χ1v) is 12.8. The summed E-state index contributed by atoms with van der Waals surface area (Å²) in [7, 11) is 0. The summed E-state index contributed by atoms with van der Waals surface area (Å²) in [6, 6.07) is 15.9. The standard InChI is InChI=1S/C28H37N3O4/c29-27(32)21-35-26-11-6-8-23(20-26)28(33)31-16-4-3-15-30-14-2-1-9-24(30)13-12-22-7-5-10-25(19-22)34-18-17-31/h5-8,10-11,19-20,24H,1-4,9,12-18,21H2,(H2,29,32). The van der Waals surface area contributed by atoms with E-state index in [9.17, 15) is 9.59 Å². The molecule has 1 atom stereocenters. The molecule has 0 aliphatic carbocycles. The Labute approximate surface area is 208 Å². The van der Waals surface area contributed by atoms with Crippen molar-refractivity contribution in [1.82, 2.24) is 9.80 Å². The Morgan fingerprint density at radius 1 is 0.943 bits per heavy atom. The molecule has 4 rings (SSSR count). The van der Waals surface area contributed by atoms with Gasteiger partial charge >= 0.3 is 0 Å². The van der Waals surface area contributed by atoms with E-state index in [1.165, 1.54) is 37.8 Å². The molecule has 35 heavy (non-hydrogen) atoms. The van der Waals surface area contributed by atoms with Crippen molar-refractivity contribution in [2.45, 2.75) is 51.0 Å². The lowest BCUT2D eigenvalue weighted by Crippen LogP contribution is -2.40. The number of amides is 2. The van der Waals surface area contributed by atoms with Crippen LogP contribution < -0.4 is 15.2 Å². The number of hydrogen-bond donors (Lipinski definition) is 1. The first-order chi connectivity index (χ1) is 17.1. The van der Waals surface area contributed by atoms with Gasteiger partial charge in [-0.05, 0) is 87.5 Å². The van der Waals surface area contributed by atoms with Crippen molar-refractivity contribution in [1.29, 1.82) is 0 Å². The monoisotopic (exact) mass is 479 g/mol. The van der Waals surface area contributed by atoms with Crippen LogP contribution in [0.3, 0.4) is 0 Å². The molecule has 2 bridgehead atoms. The molecule has 1 saturated heterocycles. The topological polar surface area (TPSA) is 85.1 Å². The molecule has 2 N–H and O–H groups in total. The van der Waals surface area contributed by atoms with Crippen LogP contribution in [0, 0.1) is 0 Å². The van der Waals surface area contributed by atoms with Crippen LogP contribution in [0.5, 0.6) is 11.5 Å². The van der Waals surface area contributed by atoms with Gasteiger partial charge in [0.15, 0.2) is 6.61 Å². The molecule has 2 aromatic rings. The molecule has 1 unspecified atom stereocenters. The molecule has 7 nitrogen and oxygen atoms in total. The van der Waals surface area contributed by atoms with Crippen LogP contribution in [0.4, 0.5) is 0 Å². The minimum Gasteiger partial charge on any atom is -0.492 e. The van der Waals surface area contributed by atoms with E-state index in [2.05, 4.69) is 23.1 Å². The fourth-order valence-corrected chi connectivity index (χ4v) is 5.07. The van der Waals surface area contributed by atoms with E-state index in [4.69, 9.17) is 15.2 Å². The molecule has 2 aliphatic heterocycles. The first kappa shape index (κ1) is 25.0. The van der Waals surface area contributed by atoms with Gasteiger partial charge in [0, 0.05) is 18.2 Å². The number of nitrogens with two attached hydrogens (primary N) is 1. The Balaban J connectivity index is 1.47. The van der Waals surface area contributed by atoms with Gasteiger partial charge in [0.25, 0.3) is 11.8 Å². The number of benzene rings is 2. The molecule has 1 fully saturated rings. The molecule has 0 spiro atoms. The summed E-state index contributed by atoms with van der Waals surface area (Å²) < 4.78 is 11.4. The maximum absolute atomic E-state index is 13.4. The van der Waals surface area contributed by atoms with E-state index in [1.807, 2.05) is 11.0 Å². The van der Waals surface area contributed by atoms with E-state index < -0.39 is 5.91 Å². The molecule has 0 radical (unpaired) electrons. The van der Waals surface area contributed by atoms with Gasteiger partial charge in [0.05, 0.1) is 6.54 Å². The van der Waals surface area contributed by atoms with E-state index in [0.29, 0.717) is 37.1 Å². The van der Waals surface area contributed by atoms with Crippen molar-refractivity contribution in [3.05, 3.63) is 59.7 Å². The lowest BCUT2D eigenvalue weighted by atomic mass is 9.95. The number of carbonyl (C=O) groups is 2. The quantitative estimate of drug-likeness (QED) is 0.724. The summed E-state index contributed by atoms with van der Waals surface area (Å²) in [6.07, 6.45) is 8.12. The predicted octanol–water partition coefficient (Wildman–Crippen LogP) is 3.65. The highest BCUT2D eigenvalue weighted by molar-refractivity contribution is 5.94. The fraction of sp³-hybridized carbons (Fsp3) is 0.500. The summed E-state index contributed by atoms with van der Waals surface area (Å²) in [5.41, 5.74) is 7.02. The maximum atomic E-state index is 13.4. The van der Waals surface area contributed by atoms with Gasteiger partial charge in [-0.3, -0.25) is 9.59 Å². The largest absolute Gasteiger partial charge is 0.492 e. The Morgan fingerprint density at radius 3 is 2.60 bits per heavy atom. The predicted molar refractivity (Wildman–Crippen MR) is 136 cm³/mol. The second-order valence-electron chi connectivity index (χ2n) is 9.50. The normalized spacial score (nSPS) is 20.0. The van der Waals surface area contributed by atoms with Gasteiger partial charge in [-0.15, -0.1) is 0 Å². The lowest BCUT2D eigenvalue weighted by molar-refractivity contribution is -0.119. The van der Waals surface area contributed by atoms with Crippen LogP contribution in [0.25, 0.3) is 0 Å². The van der Waals surface area contributed by atoms with Gasteiger partial charge in [0.2, 0.25) is 0 Å². The summed E-state index contributed by atoms with van der Waals surface area (Å²) in [4.78, 5) is 29.0. The number of piperidine rings is 1. The number of carbonyl (C=O) groups excluding carboxylic acids is 2. The van der Waals surface area contributed by atoms with Crippen LogP contribution in [0.1, 0.15) is 54.4 Å². The second-order valence-corrected chi connectivity index (χ2v) is 9.50. The third-order valence-corrected chi connectivity index (χ3v) is 6.92. The van der Waals surface area contributed by atoms with Crippen molar-refractivity contribution in [2.24, 2.45) is 5.73 Å². The van der Waals surface area contributed by atoms with Crippen molar-refractivity contribution in [3.8, 4) is 11.5 Å². The Hall–Kier alpha value is -3.06. The highest BCUT2D eigenvalue weighted by atomic mass is 16.5. The fourth-order valence-electron chi connectivity index (χ4n) is 5.07. The second kappa shape index (κ2) is 12.6. The average Bonchev–Trinajstić information content (AvgIpc) is 2.88. The SMILES string of the molecule is NC(=O)COc1cccc(C(=O)N2CCCCN3CCCCC3CCc3cccc(c3)OCC2)c1. The smallest absolute Gasteiger partial charge is 0.255 e. The minimum atomic E-state index is -0.551. The minimum absolute atomic E-state index is 0.0629. The molecule has 0 aromatic heterocycles. The Bertz CT molecular complexity index is 996. The molecule has 2 heterocycles. The van der Waals surface area contributed by atoms with E-state index in [-0.39, 0.29) is 12.5 Å². The zero-order valence-corrected chi connectivity index (χ0v) is 20.5. The van der Waals surface area contributed by atoms with Crippen molar-refractivity contribution >= 4 is 11.8 Å². The van der Waals surface area contributed by atoms with Crippen molar-refractivity contribution in [2.75, 3.05) is 39.4 Å². The number of aryl methyl sites for hydroxylation is 1. The van der Waals surface area contributed by atoms with Gasteiger partial charge in [0.1, 0.15) is 18.1 Å². The Kier molecular flexibility index (Phi) is 9.01. The van der Waals surface area contributed by atoms with Crippen molar-refractivity contribution in [3.63, 3.8) is 0 Å². The third-order valence-electron chi connectivity index (χ3n) is 6.92. The van der Waals surface area contributed by atoms with Gasteiger partial charge in [-0.25, -0.2) is 0 Å². The molecule has 2 aromatic carbocycles. The highest BCUT2D eigenvalue weighted by Gasteiger charge is 2.22. The number of hydrogen-bond acceptors (Lipinski definition) is 5. The first-order valence-electron chi connectivity index (χ1n) is 12.8. The summed E-state index contributed by atoms with van der Waals surface area (Å²) in [6.45, 7) is 3.65.